The molecule has 0 saturated carbocycles. The second-order valence-electron chi connectivity index (χ2n) is 4.14. The Kier molecular flexibility index (Phi) is 5.18. The van der Waals surface area contributed by atoms with Gasteiger partial charge in [-0.1, -0.05) is 37.6 Å². The van der Waals surface area contributed by atoms with Crippen LogP contribution < -0.4 is 4.72 Å². The zero-order valence-corrected chi connectivity index (χ0v) is 11.4. The number of nitrogens with one attached hydrogen (secondary N) is 1. The Hall–Kier alpha value is -0.840. The van der Waals surface area contributed by atoms with E-state index in [1.54, 1.807) is 30.3 Å². The van der Waals surface area contributed by atoms with E-state index in [9.17, 15) is 8.42 Å². The Labute approximate surface area is 108 Å². The van der Waals surface area contributed by atoms with Crippen molar-refractivity contribution in [2.24, 2.45) is 5.92 Å². The molecule has 0 spiro atoms. The Bertz CT molecular complexity index is 478. The lowest BCUT2D eigenvalue weighted by Gasteiger charge is -2.04. The highest BCUT2D eigenvalue weighted by Crippen LogP contribution is 2.11. The molecule has 0 amide bonds. The van der Waals surface area contributed by atoms with E-state index in [1.807, 2.05) is 13.8 Å². The minimum absolute atomic E-state index is 0.286. The molecular formula is C12H16ClNO2S. The molecule has 17 heavy (non-hydrogen) atoms. The molecule has 0 aliphatic rings. The van der Waals surface area contributed by atoms with Gasteiger partial charge in [0, 0.05) is 17.0 Å². The van der Waals surface area contributed by atoms with Crippen molar-refractivity contribution >= 4 is 27.7 Å². The fraction of sp³-hybridized carbons (Fsp3) is 0.333. The summed E-state index contributed by atoms with van der Waals surface area (Å²) in [6, 6.07) is 6.96. The van der Waals surface area contributed by atoms with Crippen molar-refractivity contribution in [1.82, 2.24) is 4.72 Å². The van der Waals surface area contributed by atoms with Gasteiger partial charge in [-0.3, -0.25) is 0 Å². The molecule has 1 N–H and O–H groups in total. The zero-order chi connectivity index (χ0) is 12.9. The molecule has 1 aromatic rings. The SMILES string of the molecule is CC(C)CNS(=O)(=O)C=Cc1ccc(Cl)cc1. The predicted octanol–water partition coefficient (Wildman–Crippen LogP) is 2.89. The summed E-state index contributed by atoms with van der Waals surface area (Å²) < 4.78 is 25.6. The lowest BCUT2D eigenvalue weighted by molar-refractivity contribution is 0.568. The van der Waals surface area contributed by atoms with Crippen molar-refractivity contribution in [1.29, 1.82) is 0 Å². The number of hydrogen-bond acceptors (Lipinski definition) is 2. The number of halogens is 1. The minimum Gasteiger partial charge on any atom is -0.211 e. The third-order valence-corrected chi connectivity index (χ3v) is 3.32. The second kappa shape index (κ2) is 6.19. The maximum atomic E-state index is 11.6. The Balaban J connectivity index is 2.67. The molecule has 0 saturated heterocycles. The fourth-order valence-corrected chi connectivity index (χ4v) is 2.20. The van der Waals surface area contributed by atoms with Gasteiger partial charge in [0.05, 0.1) is 0 Å². The van der Waals surface area contributed by atoms with Crippen LogP contribution in [0.3, 0.4) is 0 Å². The summed E-state index contributed by atoms with van der Waals surface area (Å²) in [4.78, 5) is 0. The number of benzene rings is 1. The first-order chi connectivity index (χ1) is 7.89. The molecule has 0 aliphatic carbocycles. The van der Waals surface area contributed by atoms with Gasteiger partial charge in [0.15, 0.2) is 0 Å². The van der Waals surface area contributed by atoms with E-state index in [2.05, 4.69) is 4.72 Å². The van der Waals surface area contributed by atoms with Gasteiger partial charge in [-0.25, -0.2) is 13.1 Å². The molecule has 0 unspecified atom stereocenters. The van der Waals surface area contributed by atoms with Crippen LogP contribution in [0.15, 0.2) is 29.7 Å². The van der Waals surface area contributed by atoms with Crippen molar-refractivity contribution in [2.45, 2.75) is 13.8 Å². The van der Waals surface area contributed by atoms with E-state index in [0.717, 1.165) is 5.56 Å². The minimum atomic E-state index is -3.35. The van der Waals surface area contributed by atoms with Crippen LogP contribution in [0, 0.1) is 5.92 Å². The largest absolute Gasteiger partial charge is 0.233 e. The van der Waals surface area contributed by atoms with Gasteiger partial charge in [0.2, 0.25) is 10.0 Å². The molecule has 1 aromatic carbocycles. The summed E-state index contributed by atoms with van der Waals surface area (Å²) >= 11 is 5.73. The maximum absolute atomic E-state index is 11.6. The molecule has 0 fully saturated rings. The van der Waals surface area contributed by atoms with Crippen molar-refractivity contribution in [3.8, 4) is 0 Å². The van der Waals surface area contributed by atoms with E-state index in [4.69, 9.17) is 11.6 Å². The lowest BCUT2D eigenvalue weighted by Crippen LogP contribution is -2.25. The highest BCUT2D eigenvalue weighted by atomic mass is 35.5. The van der Waals surface area contributed by atoms with Gasteiger partial charge in [-0.15, -0.1) is 0 Å². The van der Waals surface area contributed by atoms with Crippen molar-refractivity contribution in [3.05, 3.63) is 40.3 Å². The van der Waals surface area contributed by atoms with E-state index < -0.39 is 10.0 Å². The van der Waals surface area contributed by atoms with Gasteiger partial charge in [-0.2, -0.15) is 0 Å². The monoisotopic (exact) mass is 273 g/mol. The number of hydrogen-bond donors (Lipinski definition) is 1. The van der Waals surface area contributed by atoms with E-state index in [-0.39, 0.29) is 5.92 Å². The maximum Gasteiger partial charge on any atom is 0.233 e. The fourth-order valence-electron chi connectivity index (χ4n) is 1.07. The standard InChI is InChI=1S/C12H16ClNO2S/c1-10(2)9-14-17(15,16)8-7-11-3-5-12(13)6-4-11/h3-8,10,14H,9H2,1-2H3. The molecule has 0 radical (unpaired) electrons. The van der Waals surface area contributed by atoms with Crippen LogP contribution in [0.2, 0.25) is 5.02 Å². The summed E-state index contributed by atoms with van der Waals surface area (Å²) in [6.07, 6.45) is 1.54. The first kappa shape index (κ1) is 14.2. The van der Waals surface area contributed by atoms with Crippen LogP contribution in [-0.4, -0.2) is 15.0 Å². The molecule has 3 nitrogen and oxygen atoms in total. The molecule has 5 heteroatoms. The molecule has 0 atom stereocenters. The molecule has 1 rings (SSSR count). The quantitative estimate of drug-likeness (QED) is 0.897. The van der Waals surface area contributed by atoms with Crippen LogP contribution in [0.1, 0.15) is 19.4 Å². The molecule has 0 aromatic heterocycles. The van der Waals surface area contributed by atoms with Gasteiger partial charge in [0.25, 0.3) is 0 Å². The zero-order valence-electron chi connectivity index (χ0n) is 9.85. The highest BCUT2D eigenvalue weighted by molar-refractivity contribution is 7.92. The van der Waals surface area contributed by atoms with E-state index >= 15 is 0 Å². The van der Waals surface area contributed by atoms with Crippen LogP contribution in [-0.2, 0) is 10.0 Å². The first-order valence-electron chi connectivity index (χ1n) is 5.32. The van der Waals surface area contributed by atoms with Gasteiger partial charge in [-0.05, 0) is 29.7 Å². The van der Waals surface area contributed by atoms with Crippen LogP contribution in [0.5, 0.6) is 0 Å². The summed E-state index contributed by atoms with van der Waals surface area (Å²) in [5.41, 5.74) is 0.796. The summed E-state index contributed by atoms with van der Waals surface area (Å²) in [5.74, 6) is 0.286. The molecular weight excluding hydrogens is 258 g/mol. The Morgan fingerprint density at radius 3 is 2.41 bits per heavy atom. The number of rotatable bonds is 5. The third kappa shape index (κ3) is 5.86. The van der Waals surface area contributed by atoms with Crippen molar-refractivity contribution in [3.63, 3.8) is 0 Å². The molecule has 94 valence electrons. The van der Waals surface area contributed by atoms with E-state index in [0.29, 0.717) is 11.6 Å². The Morgan fingerprint density at radius 1 is 1.29 bits per heavy atom. The first-order valence-corrected chi connectivity index (χ1v) is 7.25. The van der Waals surface area contributed by atoms with Crippen molar-refractivity contribution < 1.29 is 8.42 Å². The molecule has 0 heterocycles. The Morgan fingerprint density at radius 2 is 1.88 bits per heavy atom. The predicted molar refractivity (Wildman–Crippen MR) is 72.2 cm³/mol. The lowest BCUT2D eigenvalue weighted by atomic mass is 10.2. The normalized spacial score (nSPS) is 12.5. The highest BCUT2D eigenvalue weighted by Gasteiger charge is 2.05. The van der Waals surface area contributed by atoms with Crippen LogP contribution in [0.4, 0.5) is 0 Å². The number of sulfonamides is 1. The molecule has 0 bridgehead atoms. The average molecular weight is 274 g/mol. The summed E-state index contributed by atoms with van der Waals surface area (Å²) in [7, 11) is -3.35. The average Bonchev–Trinajstić information content (AvgIpc) is 2.26. The van der Waals surface area contributed by atoms with Crippen molar-refractivity contribution in [2.75, 3.05) is 6.54 Å². The summed E-state index contributed by atoms with van der Waals surface area (Å²) in [5, 5.41) is 1.79. The molecule has 0 aliphatic heterocycles. The smallest absolute Gasteiger partial charge is 0.211 e. The summed E-state index contributed by atoms with van der Waals surface area (Å²) in [6.45, 7) is 4.34. The van der Waals surface area contributed by atoms with Gasteiger partial charge < -0.3 is 0 Å². The third-order valence-electron chi connectivity index (χ3n) is 2.00. The van der Waals surface area contributed by atoms with Gasteiger partial charge in [0.1, 0.15) is 0 Å². The van der Waals surface area contributed by atoms with Crippen LogP contribution in [0.25, 0.3) is 6.08 Å². The van der Waals surface area contributed by atoms with E-state index in [1.165, 1.54) is 5.41 Å². The topological polar surface area (TPSA) is 46.2 Å². The van der Waals surface area contributed by atoms with Crippen LogP contribution >= 0.6 is 11.6 Å². The second-order valence-corrected chi connectivity index (χ2v) is 6.23. The van der Waals surface area contributed by atoms with Gasteiger partial charge >= 0.3 is 0 Å².